The maximum atomic E-state index is 12.0. The zero-order valence-corrected chi connectivity index (χ0v) is 10.00. The highest BCUT2D eigenvalue weighted by molar-refractivity contribution is 5.28. The highest BCUT2D eigenvalue weighted by Crippen LogP contribution is 2.19. The third-order valence-corrected chi connectivity index (χ3v) is 2.44. The molecule has 3 nitrogen and oxygen atoms in total. The number of halogens is 3. The van der Waals surface area contributed by atoms with E-state index in [0.29, 0.717) is 18.7 Å². The first-order valence-corrected chi connectivity index (χ1v) is 5.52. The van der Waals surface area contributed by atoms with Crippen molar-refractivity contribution >= 4 is 0 Å². The summed E-state index contributed by atoms with van der Waals surface area (Å²) in [4.78, 5) is 0. The van der Waals surface area contributed by atoms with Crippen molar-refractivity contribution in [3.8, 4) is 5.75 Å². The molecule has 0 bridgehead atoms. The first-order chi connectivity index (χ1) is 8.43. The number of nitrogens with one attached hydrogen (secondary N) is 1. The van der Waals surface area contributed by atoms with E-state index in [-0.39, 0.29) is 0 Å². The third kappa shape index (κ3) is 4.93. The Labute approximate surface area is 104 Å². The number of ether oxygens (including phenoxy) is 1. The van der Waals surface area contributed by atoms with E-state index in [9.17, 15) is 13.2 Å². The van der Waals surface area contributed by atoms with Gasteiger partial charge in [-0.15, -0.1) is 0 Å². The standard InChI is InChI=1S/C12H16F3NO2/c1-18-10-4-2-3-9(7-10)5-6-16-8-11(17)12(13,14)15/h2-4,7,11,16-17H,5-6,8H2,1H3. The molecule has 1 aromatic carbocycles. The summed E-state index contributed by atoms with van der Waals surface area (Å²) >= 11 is 0. The quantitative estimate of drug-likeness (QED) is 0.768. The van der Waals surface area contributed by atoms with Gasteiger partial charge >= 0.3 is 6.18 Å². The normalized spacial score (nSPS) is 13.4. The number of aliphatic hydroxyl groups is 1. The lowest BCUT2D eigenvalue weighted by molar-refractivity contribution is -0.201. The summed E-state index contributed by atoms with van der Waals surface area (Å²) in [5.74, 6) is 0.711. The zero-order valence-electron chi connectivity index (χ0n) is 10.00. The molecule has 0 saturated heterocycles. The zero-order chi connectivity index (χ0) is 13.6. The second-order valence-corrected chi connectivity index (χ2v) is 3.86. The summed E-state index contributed by atoms with van der Waals surface area (Å²) < 4.78 is 41.0. The Balaban J connectivity index is 2.29. The van der Waals surface area contributed by atoms with E-state index in [1.807, 2.05) is 18.2 Å². The Bertz CT molecular complexity index is 369. The Morgan fingerprint density at radius 2 is 2.11 bits per heavy atom. The highest BCUT2D eigenvalue weighted by Gasteiger charge is 2.37. The second-order valence-electron chi connectivity index (χ2n) is 3.86. The molecule has 0 amide bonds. The Hall–Kier alpha value is -1.27. The van der Waals surface area contributed by atoms with Gasteiger partial charge in [0.1, 0.15) is 5.75 Å². The van der Waals surface area contributed by atoms with Crippen LogP contribution in [0.4, 0.5) is 13.2 Å². The van der Waals surface area contributed by atoms with Crippen LogP contribution in [0.3, 0.4) is 0 Å². The van der Waals surface area contributed by atoms with Crippen LogP contribution in [-0.2, 0) is 6.42 Å². The Morgan fingerprint density at radius 3 is 2.72 bits per heavy atom. The molecule has 0 aliphatic carbocycles. The van der Waals surface area contributed by atoms with E-state index in [4.69, 9.17) is 9.84 Å². The summed E-state index contributed by atoms with van der Waals surface area (Å²) in [6.07, 6.45) is -6.31. The van der Waals surface area contributed by atoms with E-state index in [2.05, 4.69) is 5.32 Å². The second kappa shape index (κ2) is 6.61. The van der Waals surface area contributed by atoms with Crippen molar-refractivity contribution in [2.75, 3.05) is 20.2 Å². The van der Waals surface area contributed by atoms with Crippen molar-refractivity contribution in [1.29, 1.82) is 0 Å². The predicted octanol–water partition coefficient (Wildman–Crippen LogP) is 1.75. The number of hydrogen-bond donors (Lipinski definition) is 2. The lowest BCUT2D eigenvalue weighted by Gasteiger charge is -2.15. The van der Waals surface area contributed by atoms with Crippen molar-refractivity contribution < 1.29 is 23.0 Å². The van der Waals surface area contributed by atoms with Crippen molar-refractivity contribution in [2.24, 2.45) is 0 Å². The van der Waals surface area contributed by atoms with Crippen LogP contribution < -0.4 is 10.1 Å². The van der Waals surface area contributed by atoms with Crippen molar-refractivity contribution in [2.45, 2.75) is 18.7 Å². The minimum atomic E-state index is -4.57. The first-order valence-electron chi connectivity index (χ1n) is 5.52. The highest BCUT2D eigenvalue weighted by atomic mass is 19.4. The topological polar surface area (TPSA) is 41.5 Å². The van der Waals surface area contributed by atoms with E-state index in [0.717, 1.165) is 5.56 Å². The third-order valence-electron chi connectivity index (χ3n) is 2.44. The molecule has 0 radical (unpaired) electrons. The molecule has 1 aromatic rings. The van der Waals surface area contributed by atoms with E-state index in [1.165, 1.54) is 0 Å². The Morgan fingerprint density at radius 1 is 1.39 bits per heavy atom. The van der Waals surface area contributed by atoms with Crippen LogP contribution >= 0.6 is 0 Å². The first kappa shape index (κ1) is 14.8. The van der Waals surface area contributed by atoms with E-state index in [1.54, 1.807) is 13.2 Å². The Kier molecular flexibility index (Phi) is 5.43. The average molecular weight is 263 g/mol. The molecule has 0 saturated carbocycles. The number of rotatable bonds is 6. The van der Waals surface area contributed by atoms with Crippen LogP contribution in [0.15, 0.2) is 24.3 Å². The van der Waals surface area contributed by atoms with Gasteiger partial charge in [0.25, 0.3) is 0 Å². The largest absolute Gasteiger partial charge is 0.497 e. The summed E-state index contributed by atoms with van der Waals surface area (Å²) in [6.45, 7) is -0.131. The number of methoxy groups -OCH3 is 1. The molecule has 0 aliphatic rings. The van der Waals surface area contributed by atoms with Crippen molar-refractivity contribution in [1.82, 2.24) is 5.32 Å². The van der Waals surface area contributed by atoms with Crippen LogP contribution in [0, 0.1) is 0 Å². The SMILES string of the molecule is COc1cccc(CCNCC(O)C(F)(F)F)c1. The summed E-state index contributed by atoms with van der Waals surface area (Å²) in [7, 11) is 1.55. The smallest absolute Gasteiger partial charge is 0.415 e. The van der Waals surface area contributed by atoms with Crippen molar-refractivity contribution in [3.05, 3.63) is 29.8 Å². The molecule has 0 fully saturated rings. The monoisotopic (exact) mass is 263 g/mol. The molecule has 0 aliphatic heterocycles. The van der Waals surface area contributed by atoms with Gasteiger partial charge in [-0.1, -0.05) is 12.1 Å². The van der Waals surface area contributed by atoms with Crippen LogP contribution in [-0.4, -0.2) is 37.6 Å². The van der Waals surface area contributed by atoms with Gasteiger partial charge in [-0.3, -0.25) is 0 Å². The molecule has 1 rings (SSSR count). The maximum Gasteiger partial charge on any atom is 0.415 e. The van der Waals surface area contributed by atoms with Crippen LogP contribution in [0.5, 0.6) is 5.75 Å². The van der Waals surface area contributed by atoms with Crippen LogP contribution in [0.25, 0.3) is 0 Å². The molecule has 1 atom stereocenters. The molecule has 0 heterocycles. The fourth-order valence-corrected chi connectivity index (χ4v) is 1.42. The minimum absolute atomic E-state index is 0.361. The predicted molar refractivity (Wildman–Crippen MR) is 61.6 cm³/mol. The molecule has 1 unspecified atom stereocenters. The van der Waals surface area contributed by atoms with Gasteiger partial charge in [0, 0.05) is 6.54 Å². The lowest BCUT2D eigenvalue weighted by atomic mass is 10.1. The molecule has 102 valence electrons. The van der Waals surface area contributed by atoms with Gasteiger partial charge in [-0.2, -0.15) is 13.2 Å². The average Bonchev–Trinajstić information content (AvgIpc) is 2.33. The summed E-state index contributed by atoms with van der Waals surface area (Å²) in [5.41, 5.74) is 0.961. The van der Waals surface area contributed by atoms with E-state index >= 15 is 0 Å². The van der Waals surface area contributed by atoms with Crippen LogP contribution in [0.2, 0.25) is 0 Å². The number of benzene rings is 1. The van der Waals surface area contributed by atoms with Gasteiger partial charge in [-0.25, -0.2) is 0 Å². The molecule has 6 heteroatoms. The molecular weight excluding hydrogens is 247 g/mol. The minimum Gasteiger partial charge on any atom is -0.497 e. The summed E-state index contributed by atoms with van der Waals surface area (Å²) in [6, 6.07) is 7.30. The van der Waals surface area contributed by atoms with Gasteiger partial charge in [0.05, 0.1) is 7.11 Å². The molecule has 18 heavy (non-hydrogen) atoms. The van der Waals surface area contributed by atoms with Gasteiger partial charge in [-0.05, 0) is 30.7 Å². The summed E-state index contributed by atoms with van der Waals surface area (Å²) in [5, 5.41) is 11.3. The number of aliphatic hydroxyl groups excluding tert-OH is 1. The number of alkyl halides is 3. The van der Waals surface area contributed by atoms with Crippen LogP contribution in [0.1, 0.15) is 5.56 Å². The van der Waals surface area contributed by atoms with Gasteiger partial charge < -0.3 is 15.2 Å². The maximum absolute atomic E-state index is 12.0. The molecular formula is C12H16F3NO2. The molecule has 0 aromatic heterocycles. The fourth-order valence-electron chi connectivity index (χ4n) is 1.42. The van der Waals surface area contributed by atoms with Crippen molar-refractivity contribution in [3.63, 3.8) is 0 Å². The number of hydrogen-bond acceptors (Lipinski definition) is 3. The molecule has 0 spiro atoms. The van der Waals surface area contributed by atoms with E-state index < -0.39 is 18.8 Å². The fraction of sp³-hybridized carbons (Fsp3) is 0.500. The van der Waals surface area contributed by atoms with Gasteiger partial charge in [0.15, 0.2) is 6.10 Å². The van der Waals surface area contributed by atoms with Gasteiger partial charge in [0.2, 0.25) is 0 Å². The lowest BCUT2D eigenvalue weighted by Crippen LogP contribution is -2.39. The molecule has 2 N–H and O–H groups in total.